The van der Waals surface area contributed by atoms with Crippen LogP contribution in [-0.2, 0) is 17.2 Å². The van der Waals surface area contributed by atoms with Crippen molar-refractivity contribution >= 4 is 63.0 Å². The smallest absolute Gasteiger partial charge is 0.250 e. The van der Waals surface area contributed by atoms with Gasteiger partial charge in [-0.3, -0.25) is 4.79 Å². The molecule has 0 aliphatic heterocycles. The Labute approximate surface area is 222 Å². The zero-order chi connectivity index (χ0) is 24.5. The van der Waals surface area contributed by atoms with Crippen LogP contribution in [0.2, 0.25) is 10.0 Å². The molecular formula is C25H23BrCl2N2O3S. The third-order valence-electron chi connectivity index (χ3n) is 4.66. The second kappa shape index (κ2) is 13.0. The molecular weight excluding hydrogens is 559 g/mol. The van der Waals surface area contributed by atoms with Gasteiger partial charge in [0.2, 0.25) is 5.91 Å². The molecule has 0 aliphatic rings. The Morgan fingerprint density at radius 2 is 1.91 bits per heavy atom. The largest absolute Gasteiger partial charge is 0.493 e. The molecule has 178 valence electrons. The van der Waals surface area contributed by atoms with Crippen molar-refractivity contribution in [3.05, 3.63) is 91.4 Å². The predicted molar refractivity (Wildman–Crippen MR) is 145 cm³/mol. The van der Waals surface area contributed by atoms with Gasteiger partial charge in [0.1, 0.15) is 6.61 Å². The molecule has 1 N–H and O–H groups in total. The Kier molecular flexibility index (Phi) is 10.1. The summed E-state index contributed by atoms with van der Waals surface area (Å²) in [7, 11) is 1.55. The van der Waals surface area contributed by atoms with E-state index in [4.69, 9.17) is 32.7 Å². The molecule has 34 heavy (non-hydrogen) atoms. The number of carbonyl (C=O) groups is 1. The van der Waals surface area contributed by atoms with Gasteiger partial charge in [-0.25, -0.2) is 5.43 Å². The molecule has 0 atom stereocenters. The number of amides is 1. The number of rotatable bonds is 10. The number of benzene rings is 3. The minimum absolute atomic E-state index is 0.167. The molecule has 0 saturated carbocycles. The molecule has 0 radical (unpaired) electrons. The van der Waals surface area contributed by atoms with Crippen LogP contribution in [0, 0.1) is 6.92 Å². The van der Waals surface area contributed by atoms with Crippen molar-refractivity contribution in [3.8, 4) is 11.5 Å². The van der Waals surface area contributed by atoms with Gasteiger partial charge in [-0.1, -0.05) is 59.1 Å². The summed E-state index contributed by atoms with van der Waals surface area (Å²) in [6.45, 7) is 2.29. The molecule has 0 fully saturated rings. The van der Waals surface area contributed by atoms with Crippen molar-refractivity contribution in [2.45, 2.75) is 19.3 Å². The summed E-state index contributed by atoms with van der Waals surface area (Å²) in [6, 6.07) is 17.1. The minimum Gasteiger partial charge on any atom is -0.493 e. The lowest BCUT2D eigenvalue weighted by Gasteiger charge is -2.14. The molecule has 0 bridgehead atoms. The van der Waals surface area contributed by atoms with E-state index in [9.17, 15) is 4.79 Å². The lowest BCUT2D eigenvalue weighted by molar-refractivity contribution is -0.118. The first-order valence-electron chi connectivity index (χ1n) is 10.2. The van der Waals surface area contributed by atoms with Crippen LogP contribution in [0.25, 0.3) is 0 Å². The van der Waals surface area contributed by atoms with Crippen LogP contribution < -0.4 is 14.9 Å². The predicted octanol–water partition coefficient (Wildman–Crippen LogP) is 7.04. The molecule has 0 saturated heterocycles. The Balaban J connectivity index is 1.54. The molecule has 3 aromatic rings. The van der Waals surface area contributed by atoms with Gasteiger partial charge in [-0.05, 0) is 58.2 Å². The van der Waals surface area contributed by atoms with Crippen LogP contribution in [0.3, 0.4) is 0 Å². The highest BCUT2D eigenvalue weighted by Gasteiger charge is 2.13. The molecule has 0 aromatic heterocycles. The van der Waals surface area contributed by atoms with E-state index in [1.807, 2.05) is 12.1 Å². The topological polar surface area (TPSA) is 59.9 Å². The Bertz CT molecular complexity index is 1170. The van der Waals surface area contributed by atoms with Crippen LogP contribution >= 0.6 is 50.9 Å². The number of nitrogens with one attached hydrogen (secondary N) is 1. The summed E-state index contributed by atoms with van der Waals surface area (Å²) in [6.07, 6.45) is 1.55. The lowest BCUT2D eigenvalue weighted by atomic mass is 10.2. The number of thioether (sulfide) groups is 1. The zero-order valence-electron chi connectivity index (χ0n) is 18.6. The summed E-state index contributed by atoms with van der Waals surface area (Å²) in [5.41, 5.74) is 6.48. The molecule has 0 spiro atoms. The van der Waals surface area contributed by atoms with Gasteiger partial charge in [0.25, 0.3) is 0 Å². The number of methoxy groups -OCH3 is 1. The van der Waals surface area contributed by atoms with E-state index in [0.29, 0.717) is 31.8 Å². The maximum atomic E-state index is 12.1. The number of nitrogens with zero attached hydrogens (tertiary/aromatic N) is 1. The van der Waals surface area contributed by atoms with Gasteiger partial charge in [-0.15, -0.1) is 11.8 Å². The molecule has 9 heteroatoms. The maximum Gasteiger partial charge on any atom is 0.250 e. The third-order valence-corrected chi connectivity index (χ3v) is 6.84. The second-order valence-electron chi connectivity index (χ2n) is 7.33. The van der Waals surface area contributed by atoms with Crippen molar-refractivity contribution in [1.82, 2.24) is 5.43 Å². The van der Waals surface area contributed by atoms with E-state index < -0.39 is 0 Å². The average molecular weight is 582 g/mol. The highest BCUT2D eigenvalue weighted by molar-refractivity contribution is 9.10. The van der Waals surface area contributed by atoms with Crippen molar-refractivity contribution in [1.29, 1.82) is 0 Å². The van der Waals surface area contributed by atoms with Crippen LogP contribution in [0.5, 0.6) is 11.5 Å². The first-order chi connectivity index (χ1) is 16.4. The fraction of sp³-hybridized carbons (Fsp3) is 0.200. The Hall–Kier alpha value is -2.19. The number of halogens is 3. The zero-order valence-corrected chi connectivity index (χ0v) is 22.5. The van der Waals surface area contributed by atoms with E-state index in [2.05, 4.69) is 57.6 Å². The van der Waals surface area contributed by atoms with Crippen molar-refractivity contribution in [3.63, 3.8) is 0 Å². The van der Waals surface area contributed by atoms with Crippen LogP contribution in [0.15, 0.2) is 64.2 Å². The maximum absolute atomic E-state index is 12.1. The summed E-state index contributed by atoms with van der Waals surface area (Å²) >= 11 is 17.2. The number of hydrazone groups is 1. The quantitative estimate of drug-likeness (QED) is 0.206. The van der Waals surface area contributed by atoms with Gasteiger partial charge < -0.3 is 9.47 Å². The highest BCUT2D eigenvalue weighted by atomic mass is 79.9. The Morgan fingerprint density at radius 3 is 2.62 bits per heavy atom. The van der Waals surface area contributed by atoms with Crippen LogP contribution in [-0.4, -0.2) is 25.0 Å². The number of ether oxygens (including phenoxy) is 2. The van der Waals surface area contributed by atoms with Crippen molar-refractivity contribution < 1.29 is 14.3 Å². The molecule has 0 heterocycles. The lowest BCUT2D eigenvalue weighted by Crippen LogP contribution is -2.19. The molecule has 0 unspecified atom stereocenters. The summed E-state index contributed by atoms with van der Waals surface area (Å²) in [5, 5.41) is 5.14. The molecule has 1 amide bonds. The summed E-state index contributed by atoms with van der Waals surface area (Å²) < 4.78 is 12.1. The number of carbonyl (C=O) groups excluding carboxylic acids is 1. The first-order valence-corrected chi connectivity index (χ1v) is 13.0. The van der Waals surface area contributed by atoms with Gasteiger partial charge in [0.15, 0.2) is 11.5 Å². The van der Waals surface area contributed by atoms with Gasteiger partial charge in [-0.2, -0.15) is 5.10 Å². The number of hydrogen-bond donors (Lipinski definition) is 1. The van der Waals surface area contributed by atoms with Crippen LogP contribution in [0.4, 0.5) is 0 Å². The van der Waals surface area contributed by atoms with Gasteiger partial charge >= 0.3 is 0 Å². The highest BCUT2D eigenvalue weighted by Crippen LogP contribution is 2.37. The average Bonchev–Trinajstić information content (AvgIpc) is 2.80. The fourth-order valence-corrected chi connectivity index (χ4v) is 4.72. The van der Waals surface area contributed by atoms with Crippen molar-refractivity contribution in [2.75, 3.05) is 12.9 Å². The third kappa shape index (κ3) is 7.94. The molecule has 5 nitrogen and oxygen atoms in total. The SMILES string of the molecule is COc1cc(/C=N\NC(=O)CSCc2ccc(C)cc2)cc(Br)c1OCc1ccc(Cl)cc1Cl. The number of hydrogen-bond acceptors (Lipinski definition) is 5. The van der Waals surface area contributed by atoms with Gasteiger partial charge in [0, 0.05) is 21.4 Å². The molecule has 3 aromatic carbocycles. The van der Waals surface area contributed by atoms with E-state index in [-0.39, 0.29) is 12.5 Å². The monoisotopic (exact) mass is 580 g/mol. The number of aryl methyl sites for hydroxylation is 1. The summed E-state index contributed by atoms with van der Waals surface area (Å²) in [5.74, 6) is 1.96. The second-order valence-corrected chi connectivity index (χ2v) is 10.0. The normalized spacial score (nSPS) is 11.0. The van der Waals surface area contributed by atoms with Crippen LogP contribution in [0.1, 0.15) is 22.3 Å². The van der Waals surface area contributed by atoms with Gasteiger partial charge in [0.05, 0.1) is 23.5 Å². The Morgan fingerprint density at radius 1 is 1.15 bits per heavy atom. The molecule has 0 aliphatic carbocycles. The van der Waals surface area contributed by atoms with E-state index in [1.54, 1.807) is 31.5 Å². The van der Waals surface area contributed by atoms with E-state index in [0.717, 1.165) is 16.9 Å². The fourth-order valence-electron chi connectivity index (χ4n) is 2.90. The summed E-state index contributed by atoms with van der Waals surface area (Å²) in [4.78, 5) is 12.1. The van der Waals surface area contributed by atoms with Crippen molar-refractivity contribution in [2.24, 2.45) is 5.10 Å². The standard InChI is InChI=1S/C25H23BrCl2N2O3S/c1-16-3-5-17(6-4-16)14-34-15-24(31)30-29-12-18-9-21(26)25(23(10-18)32-2)33-13-19-7-8-20(27)11-22(19)28/h3-12H,13-15H2,1-2H3,(H,30,31)/b29-12-. The van der Waals surface area contributed by atoms with E-state index in [1.165, 1.54) is 22.9 Å². The first kappa shape index (κ1) is 26.4. The molecule has 3 rings (SSSR count). The van der Waals surface area contributed by atoms with E-state index >= 15 is 0 Å². The minimum atomic E-state index is -0.167.